The molecular weight excluding hydrogens is 194 g/mol. The van der Waals surface area contributed by atoms with Crippen molar-refractivity contribution in [1.82, 2.24) is 4.90 Å². The smallest absolute Gasteiger partial charge is 0.223 e. The predicted octanol–water partition coefficient (Wildman–Crippen LogP) is 2.74. The molecule has 0 fully saturated rings. The molecule has 0 unspecified atom stereocenters. The number of thiol groups is 1. The van der Waals surface area contributed by atoms with Crippen molar-refractivity contribution in [3.8, 4) is 0 Å². The van der Waals surface area contributed by atoms with Crippen LogP contribution in [-0.4, -0.2) is 29.6 Å². The van der Waals surface area contributed by atoms with Crippen LogP contribution < -0.4 is 0 Å². The van der Waals surface area contributed by atoms with Crippen LogP contribution in [0, 0.1) is 0 Å². The van der Waals surface area contributed by atoms with Gasteiger partial charge in [0.05, 0.1) is 0 Å². The van der Waals surface area contributed by atoms with Crippen LogP contribution in [0.3, 0.4) is 0 Å². The Kier molecular flexibility index (Phi) is 9.26. The molecule has 0 aliphatic heterocycles. The molecule has 0 aliphatic rings. The van der Waals surface area contributed by atoms with E-state index in [1.54, 1.807) is 0 Å². The molecule has 0 saturated carbocycles. The van der Waals surface area contributed by atoms with Gasteiger partial charge in [-0.2, -0.15) is 12.6 Å². The molecule has 0 atom stereocenters. The van der Waals surface area contributed by atoms with Crippen LogP contribution >= 0.6 is 12.6 Å². The second-order valence-corrected chi connectivity index (χ2v) is 4.01. The van der Waals surface area contributed by atoms with E-state index in [2.05, 4.69) is 26.5 Å². The van der Waals surface area contributed by atoms with Gasteiger partial charge in [0, 0.05) is 19.5 Å². The van der Waals surface area contributed by atoms with Crippen LogP contribution in [0.4, 0.5) is 0 Å². The van der Waals surface area contributed by atoms with Crippen molar-refractivity contribution < 1.29 is 4.79 Å². The molecule has 0 aromatic carbocycles. The Morgan fingerprint density at radius 3 is 2.00 bits per heavy atom. The number of amides is 1. The lowest BCUT2D eigenvalue weighted by Crippen LogP contribution is -2.33. The van der Waals surface area contributed by atoms with Gasteiger partial charge in [-0.3, -0.25) is 4.79 Å². The normalized spacial score (nSPS) is 10.2. The summed E-state index contributed by atoms with van der Waals surface area (Å²) in [6.45, 7) is 6.15. The second-order valence-electron chi connectivity index (χ2n) is 3.56. The van der Waals surface area contributed by atoms with Gasteiger partial charge in [0.1, 0.15) is 0 Å². The van der Waals surface area contributed by atoms with E-state index in [1.807, 2.05) is 4.90 Å². The van der Waals surface area contributed by atoms with Gasteiger partial charge in [0.2, 0.25) is 5.91 Å². The van der Waals surface area contributed by atoms with E-state index in [0.717, 1.165) is 38.8 Å². The van der Waals surface area contributed by atoms with Gasteiger partial charge in [-0.15, -0.1) is 0 Å². The SMILES string of the molecule is CCCCN(CCCC)C(=O)CCS. The average molecular weight is 217 g/mol. The van der Waals surface area contributed by atoms with E-state index in [0.29, 0.717) is 12.2 Å². The average Bonchev–Trinajstić information content (AvgIpc) is 2.18. The minimum Gasteiger partial charge on any atom is -0.343 e. The third kappa shape index (κ3) is 6.30. The minimum atomic E-state index is 0.266. The molecule has 0 N–H and O–H groups in total. The molecule has 0 rings (SSSR count). The van der Waals surface area contributed by atoms with Crippen molar-refractivity contribution >= 4 is 18.5 Å². The van der Waals surface area contributed by atoms with Gasteiger partial charge >= 0.3 is 0 Å². The molecule has 0 aromatic rings. The van der Waals surface area contributed by atoms with Crippen LogP contribution in [0.15, 0.2) is 0 Å². The first-order valence-corrected chi connectivity index (χ1v) is 6.28. The highest BCUT2D eigenvalue weighted by Crippen LogP contribution is 2.02. The van der Waals surface area contributed by atoms with Crippen molar-refractivity contribution in [3.63, 3.8) is 0 Å². The zero-order chi connectivity index (χ0) is 10.8. The Labute approximate surface area is 93.5 Å². The Hall–Kier alpha value is -0.180. The number of rotatable bonds is 8. The number of nitrogens with zero attached hydrogens (tertiary/aromatic N) is 1. The van der Waals surface area contributed by atoms with Crippen molar-refractivity contribution in [2.75, 3.05) is 18.8 Å². The Morgan fingerprint density at radius 1 is 1.14 bits per heavy atom. The Bertz CT molecular complexity index is 142. The lowest BCUT2D eigenvalue weighted by Gasteiger charge is -2.22. The highest BCUT2D eigenvalue weighted by Gasteiger charge is 2.10. The summed E-state index contributed by atoms with van der Waals surface area (Å²) in [4.78, 5) is 13.6. The molecule has 14 heavy (non-hydrogen) atoms. The summed E-state index contributed by atoms with van der Waals surface area (Å²) in [5.74, 6) is 0.926. The van der Waals surface area contributed by atoms with Gasteiger partial charge in [0.15, 0.2) is 0 Å². The Morgan fingerprint density at radius 2 is 1.64 bits per heavy atom. The molecule has 0 aromatic heterocycles. The molecular formula is C11H23NOS. The monoisotopic (exact) mass is 217 g/mol. The van der Waals surface area contributed by atoms with Crippen molar-refractivity contribution in [2.24, 2.45) is 0 Å². The van der Waals surface area contributed by atoms with Crippen LogP contribution in [0.5, 0.6) is 0 Å². The fraction of sp³-hybridized carbons (Fsp3) is 0.909. The van der Waals surface area contributed by atoms with E-state index in [1.165, 1.54) is 0 Å². The summed E-state index contributed by atoms with van der Waals surface area (Å²) >= 11 is 4.09. The maximum Gasteiger partial charge on any atom is 0.223 e. The van der Waals surface area contributed by atoms with Crippen LogP contribution in [0.2, 0.25) is 0 Å². The molecule has 1 amide bonds. The van der Waals surface area contributed by atoms with Crippen LogP contribution in [-0.2, 0) is 4.79 Å². The molecule has 0 saturated heterocycles. The van der Waals surface area contributed by atoms with Crippen molar-refractivity contribution in [1.29, 1.82) is 0 Å². The van der Waals surface area contributed by atoms with Crippen LogP contribution in [0.1, 0.15) is 46.0 Å². The number of carbonyl (C=O) groups is 1. The molecule has 0 spiro atoms. The van der Waals surface area contributed by atoms with E-state index >= 15 is 0 Å². The fourth-order valence-corrected chi connectivity index (χ4v) is 1.50. The highest BCUT2D eigenvalue weighted by molar-refractivity contribution is 7.80. The Balaban J connectivity index is 3.88. The molecule has 84 valence electrons. The lowest BCUT2D eigenvalue weighted by atomic mass is 10.2. The van der Waals surface area contributed by atoms with E-state index in [4.69, 9.17) is 0 Å². The largest absolute Gasteiger partial charge is 0.343 e. The standard InChI is InChI=1S/C11H23NOS/c1-3-5-8-12(9-6-4-2)11(13)7-10-14/h14H,3-10H2,1-2H3. The number of carbonyl (C=O) groups excluding carboxylic acids is 1. The summed E-state index contributed by atoms with van der Waals surface area (Å²) in [7, 11) is 0. The summed E-state index contributed by atoms with van der Waals surface area (Å²) < 4.78 is 0. The van der Waals surface area contributed by atoms with Gasteiger partial charge in [-0.1, -0.05) is 26.7 Å². The van der Waals surface area contributed by atoms with E-state index < -0.39 is 0 Å². The third-order valence-electron chi connectivity index (χ3n) is 2.24. The van der Waals surface area contributed by atoms with Gasteiger partial charge in [-0.25, -0.2) is 0 Å². The molecule has 0 heterocycles. The summed E-state index contributed by atoms with van der Waals surface area (Å²) in [5.41, 5.74) is 0. The molecule has 2 nitrogen and oxygen atoms in total. The molecule has 0 radical (unpaired) electrons. The maximum absolute atomic E-state index is 11.6. The first-order chi connectivity index (χ1) is 6.76. The van der Waals surface area contributed by atoms with E-state index in [9.17, 15) is 4.79 Å². The summed E-state index contributed by atoms with van der Waals surface area (Å²) in [6.07, 6.45) is 5.11. The van der Waals surface area contributed by atoms with Crippen LogP contribution in [0.25, 0.3) is 0 Å². The fourth-order valence-electron chi connectivity index (χ4n) is 1.31. The maximum atomic E-state index is 11.6. The van der Waals surface area contributed by atoms with Crippen molar-refractivity contribution in [3.05, 3.63) is 0 Å². The predicted molar refractivity (Wildman–Crippen MR) is 64.9 cm³/mol. The zero-order valence-electron chi connectivity index (χ0n) is 9.46. The van der Waals surface area contributed by atoms with E-state index in [-0.39, 0.29) is 5.91 Å². The molecule has 3 heteroatoms. The quantitative estimate of drug-likeness (QED) is 0.620. The lowest BCUT2D eigenvalue weighted by molar-refractivity contribution is -0.130. The summed E-state index contributed by atoms with van der Waals surface area (Å²) in [5, 5.41) is 0. The minimum absolute atomic E-state index is 0.266. The molecule has 0 aliphatic carbocycles. The second kappa shape index (κ2) is 9.38. The topological polar surface area (TPSA) is 20.3 Å². The number of hydrogen-bond donors (Lipinski definition) is 1. The highest BCUT2D eigenvalue weighted by atomic mass is 32.1. The first kappa shape index (κ1) is 13.8. The zero-order valence-corrected chi connectivity index (χ0v) is 10.4. The first-order valence-electron chi connectivity index (χ1n) is 5.64. The van der Waals surface area contributed by atoms with Crippen molar-refractivity contribution in [2.45, 2.75) is 46.0 Å². The number of unbranched alkanes of at least 4 members (excludes halogenated alkanes) is 2. The van der Waals surface area contributed by atoms with Gasteiger partial charge < -0.3 is 4.90 Å². The van der Waals surface area contributed by atoms with Gasteiger partial charge in [-0.05, 0) is 18.6 Å². The molecule has 0 bridgehead atoms. The summed E-state index contributed by atoms with van der Waals surface area (Å²) in [6, 6.07) is 0. The third-order valence-corrected chi connectivity index (χ3v) is 2.47. The number of hydrogen-bond acceptors (Lipinski definition) is 2. The van der Waals surface area contributed by atoms with Gasteiger partial charge in [0.25, 0.3) is 0 Å².